The van der Waals surface area contributed by atoms with Gasteiger partial charge in [-0.2, -0.15) is 0 Å². The van der Waals surface area contributed by atoms with Gasteiger partial charge < -0.3 is 9.64 Å². The summed E-state index contributed by atoms with van der Waals surface area (Å²) in [5.41, 5.74) is 2.63. The van der Waals surface area contributed by atoms with Crippen LogP contribution in [0.4, 0.5) is 5.69 Å². The first-order chi connectivity index (χ1) is 10.2. The van der Waals surface area contributed by atoms with E-state index in [1.54, 1.807) is 0 Å². The molecule has 0 atom stereocenters. The van der Waals surface area contributed by atoms with Crippen LogP contribution in [0.2, 0.25) is 0 Å². The van der Waals surface area contributed by atoms with Crippen LogP contribution in [0.5, 0.6) is 0 Å². The molecular formula is C17H27N3O. The van der Waals surface area contributed by atoms with Crippen LogP contribution in [0, 0.1) is 0 Å². The van der Waals surface area contributed by atoms with Gasteiger partial charge in [-0.15, -0.1) is 0 Å². The summed E-state index contributed by atoms with van der Waals surface area (Å²) in [6, 6.07) is 3.05. The minimum atomic E-state index is 0.545. The Hall–Kier alpha value is -1.13. The Balaban J connectivity index is 1.59. The summed E-state index contributed by atoms with van der Waals surface area (Å²) in [6.07, 6.45) is 6.52. The third kappa shape index (κ3) is 3.55. The fraction of sp³-hybridized carbons (Fsp3) is 0.706. The normalized spacial score (nSPS) is 22.0. The SMILES string of the molecule is CC(C)c1cncc(N2CCC(N3CCOCC3)CC2)c1. The molecule has 0 spiro atoms. The maximum Gasteiger partial charge on any atom is 0.0594 e. The van der Waals surface area contributed by atoms with Crippen molar-refractivity contribution >= 4 is 5.69 Å². The van der Waals surface area contributed by atoms with E-state index in [4.69, 9.17) is 4.74 Å². The van der Waals surface area contributed by atoms with E-state index in [1.807, 2.05) is 12.4 Å². The fourth-order valence-corrected chi connectivity index (χ4v) is 3.37. The predicted molar refractivity (Wildman–Crippen MR) is 86.0 cm³/mol. The van der Waals surface area contributed by atoms with Crippen molar-refractivity contribution in [1.82, 2.24) is 9.88 Å². The summed E-state index contributed by atoms with van der Waals surface area (Å²) in [7, 11) is 0. The molecule has 0 bridgehead atoms. The molecular weight excluding hydrogens is 262 g/mol. The summed E-state index contributed by atoms with van der Waals surface area (Å²) in [6.45, 7) is 10.8. The van der Waals surface area contributed by atoms with Crippen molar-refractivity contribution in [3.8, 4) is 0 Å². The molecule has 0 aromatic carbocycles. The van der Waals surface area contributed by atoms with Crippen molar-refractivity contribution in [2.45, 2.75) is 38.6 Å². The molecule has 0 aliphatic carbocycles. The van der Waals surface area contributed by atoms with Crippen LogP contribution in [0.3, 0.4) is 0 Å². The first-order valence-electron chi connectivity index (χ1n) is 8.26. The molecule has 0 saturated carbocycles. The molecule has 0 amide bonds. The number of aromatic nitrogens is 1. The number of pyridine rings is 1. The number of rotatable bonds is 3. The maximum atomic E-state index is 5.46. The molecule has 0 N–H and O–H groups in total. The molecule has 1 aromatic heterocycles. The monoisotopic (exact) mass is 289 g/mol. The summed E-state index contributed by atoms with van der Waals surface area (Å²) in [5.74, 6) is 0.545. The lowest BCUT2D eigenvalue weighted by Gasteiger charge is -2.40. The number of hydrogen-bond acceptors (Lipinski definition) is 4. The fourth-order valence-electron chi connectivity index (χ4n) is 3.37. The van der Waals surface area contributed by atoms with Gasteiger partial charge in [0.2, 0.25) is 0 Å². The highest BCUT2D eigenvalue weighted by Crippen LogP contribution is 2.25. The summed E-state index contributed by atoms with van der Waals surface area (Å²) >= 11 is 0. The zero-order valence-corrected chi connectivity index (χ0v) is 13.3. The van der Waals surface area contributed by atoms with E-state index in [2.05, 4.69) is 34.7 Å². The Kier molecular flexibility index (Phi) is 4.76. The van der Waals surface area contributed by atoms with Gasteiger partial charge in [0.15, 0.2) is 0 Å². The second-order valence-electron chi connectivity index (χ2n) is 6.50. The van der Waals surface area contributed by atoms with Crippen LogP contribution in [-0.4, -0.2) is 55.3 Å². The number of morpholine rings is 1. The van der Waals surface area contributed by atoms with Gasteiger partial charge >= 0.3 is 0 Å². The van der Waals surface area contributed by atoms with Crippen LogP contribution in [-0.2, 0) is 4.74 Å². The molecule has 0 unspecified atom stereocenters. The van der Waals surface area contributed by atoms with Crippen molar-refractivity contribution in [2.75, 3.05) is 44.3 Å². The highest BCUT2D eigenvalue weighted by atomic mass is 16.5. The maximum absolute atomic E-state index is 5.46. The first-order valence-corrected chi connectivity index (χ1v) is 8.26. The lowest BCUT2D eigenvalue weighted by atomic mass is 10.0. The van der Waals surface area contributed by atoms with Gasteiger partial charge in [0.05, 0.1) is 25.1 Å². The molecule has 4 heteroatoms. The van der Waals surface area contributed by atoms with Crippen LogP contribution in [0.15, 0.2) is 18.5 Å². The van der Waals surface area contributed by atoms with Crippen LogP contribution >= 0.6 is 0 Å². The van der Waals surface area contributed by atoms with E-state index in [0.717, 1.165) is 45.4 Å². The Bertz CT molecular complexity index is 449. The number of anilines is 1. The lowest BCUT2D eigenvalue weighted by Crippen LogP contribution is -2.49. The second-order valence-corrected chi connectivity index (χ2v) is 6.50. The van der Waals surface area contributed by atoms with Gasteiger partial charge in [-0.05, 0) is 30.4 Å². The number of ether oxygens (including phenoxy) is 1. The number of piperidine rings is 1. The first kappa shape index (κ1) is 14.8. The molecule has 1 aromatic rings. The molecule has 2 saturated heterocycles. The van der Waals surface area contributed by atoms with E-state index in [1.165, 1.54) is 24.1 Å². The van der Waals surface area contributed by atoms with Gasteiger partial charge in [-0.25, -0.2) is 0 Å². The summed E-state index contributed by atoms with van der Waals surface area (Å²) < 4.78 is 5.46. The van der Waals surface area contributed by atoms with Gasteiger partial charge in [-0.3, -0.25) is 9.88 Å². The van der Waals surface area contributed by atoms with Crippen LogP contribution in [0.1, 0.15) is 38.2 Å². The van der Waals surface area contributed by atoms with Crippen LogP contribution < -0.4 is 4.90 Å². The van der Waals surface area contributed by atoms with E-state index >= 15 is 0 Å². The molecule has 116 valence electrons. The van der Waals surface area contributed by atoms with E-state index in [0.29, 0.717) is 5.92 Å². The molecule has 2 fully saturated rings. The molecule has 0 radical (unpaired) electrons. The average molecular weight is 289 g/mol. The van der Waals surface area contributed by atoms with Gasteiger partial charge in [0.25, 0.3) is 0 Å². The number of nitrogens with zero attached hydrogens (tertiary/aromatic N) is 3. The van der Waals surface area contributed by atoms with Crippen molar-refractivity contribution in [1.29, 1.82) is 0 Å². The van der Waals surface area contributed by atoms with Gasteiger partial charge in [-0.1, -0.05) is 13.8 Å². The average Bonchev–Trinajstić information content (AvgIpc) is 2.56. The Morgan fingerprint density at radius 2 is 1.81 bits per heavy atom. The summed E-state index contributed by atoms with van der Waals surface area (Å²) in [4.78, 5) is 9.53. The highest BCUT2D eigenvalue weighted by Gasteiger charge is 2.26. The van der Waals surface area contributed by atoms with Crippen molar-refractivity contribution in [3.05, 3.63) is 24.0 Å². The van der Waals surface area contributed by atoms with Gasteiger partial charge in [0.1, 0.15) is 0 Å². The highest BCUT2D eigenvalue weighted by molar-refractivity contribution is 5.47. The van der Waals surface area contributed by atoms with Crippen LogP contribution in [0.25, 0.3) is 0 Å². The third-order valence-electron chi connectivity index (χ3n) is 4.80. The smallest absolute Gasteiger partial charge is 0.0594 e. The minimum Gasteiger partial charge on any atom is -0.379 e. The molecule has 2 aliphatic rings. The Morgan fingerprint density at radius 1 is 1.10 bits per heavy atom. The Morgan fingerprint density at radius 3 is 2.48 bits per heavy atom. The zero-order chi connectivity index (χ0) is 14.7. The van der Waals surface area contributed by atoms with E-state index in [-0.39, 0.29) is 0 Å². The molecule has 4 nitrogen and oxygen atoms in total. The quantitative estimate of drug-likeness (QED) is 0.855. The topological polar surface area (TPSA) is 28.6 Å². The van der Waals surface area contributed by atoms with E-state index < -0.39 is 0 Å². The standard InChI is InChI=1S/C17H27N3O/c1-14(2)15-11-17(13-18-12-15)19-5-3-16(4-6-19)20-7-9-21-10-8-20/h11-14,16H,3-10H2,1-2H3. The lowest BCUT2D eigenvalue weighted by molar-refractivity contribution is 0.0115. The second kappa shape index (κ2) is 6.75. The molecule has 2 aliphatic heterocycles. The van der Waals surface area contributed by atoms with Gasteiger partial charge in [0, 0.05) is 38.4 Å². The summed E-state index contributed by atoms with van der Waals surface area (Å²) in [5, 5.41) is 0. The number of hydrogen-bond donors (Lipinski definition) is 0. The molecule has 3 heterocycles. The molecule has 21 heavy (non-hydrogen) atoms. The van der Waals surface area contributed by atoms with E-state index in [9.17, 15) is 0 Å². The third-order valence-corrected chi connectivity index (χ3v) is 4.80. The Labute approximate surface area is 128 Å². The van der Waals surface area contributed by atoms with Crippen molar-refractivity contribution in [3.63, 3.8) is 0 Å². The minimum absolute atomic E-state index is 0.545. The van der Waals surface area contributed by atoms with Crippen molar-refractivity contribution < 1.29 is 4.74 Å². The predicted octanol–water partition coefficient (Wildman–Crippen LogP) is 2.51. The van der Waals surface area contributed by atoms with Crippen molar-refractivity contribution in [2.24, 2.45) is 0 Å². The zero-order valence-electron chi connectivity index (χ0n) is 13.3. The molecule has 3 rings (SSSR count). The largest absolute Gasteiger partial charge is 0.379 e.